The highest BCUT2D eigenvalue weighted by Gasteiger charge is 2.21. The van der Waals surface area contributed by atoms with Crippen molar-refractivity contribution < 1.29 is 14.5 Å². The molecular formula is C12H13BrN2O4. The first-order chi connectivity index (χ1) is 8.86. The zero-order valence-electron chi connectivity index (χ0n) is 10.7. The molecule has 0 aliphatic heterocycles. The molecule has 0 N–H and O–H groups in total. The maximum atomic E-state index is 11.7. The van der Waals surface area contributed by atoms with E-state index in [9.17, 15) is 14.9 Å². The third kappa shape index (κ3) is 3.78. The van der Waals surface area contributed by atoms with Crippen LogP contribution in [0.3, 0.4) is 0 Å². The molecule has 0 amide bonds. The molecule has 102 valence electrons. The smallest absolute Gasteiger partial charge is 0.338 e. The lowest BCUT2D eigenvalue weighted by Crippen LogP contribution is -2.07. The highest BCUT2D eigenvalue weighted by molar-refractivity contribution is 9.10. The summed E-state index contributed by atoms with van der Waals surface area (Å²) in [5.41, 5.74) is 0.198. The normalized spacial score (nSPS) is 10.5. The van der Waals surface area contributed by atoms with Crippen molar-refractivity contribution >= 4 is 33.7 Å². The topological polar surface area (TPSA) is 72.7 Å². The van der Waals surface area contributed by atoms with Gasteiger partial charge in [0.05, 0.1) is 23.2 Å². The van der Waals surface area contributed by atoms with Crippen LogP contribution in [0, 0.1) is 10.1 Å². The number of hydrogen-bond acceptors (Lipinski definition) is 5. The van der Waals surface area contributed by atoms with Gasteiger partial charge in [-0.15, -0.1) is 0 Å². The summed E-state index contributed by atoms with van der Waals surface area (Å²) < 4.78 is 5.09. The average molecular weight is 329 g/mol. The van der Waals surface area contributed by atoms with E-state index in [1.165, 1.54) is 25.3 Å². The lowest BCUT2D eigenvalue weighted by molar-refractivity contribution is -0.385. The third-order valence-corrected chi connectivity index (χ3v) is 2.72. The van der Waals surface area contributed by atoms with Crippen molar-refractivity contribution in [1.29, 1.82) is 0 Å². The summed E-state index contributed by atoms with van der Waals surface area (Å²) in [6.07, 6.45) is 3.14. The fourth-order valence-corrected chi connectivity index (χ4v) is 1.88. The number of rotatable bonds is 4. The molecule has 0 aliphatic carbocycles. The Morgan fingerprint density at radius 3 is 2.58 bits per heavy atom. The molecule has 0 unspecified atom stereocenters. The molecule has 0 radical (unpaired) electrons. The van der Waals surface area contributed by atoms with Crippen molar-refractivity contribution in [3.8, 4) is 0 Å². The first-order valence-electron chi connectivity index (χ1n) is 5.27. The zero-order chi connectivity index (χ0) is 14.6. The van der Waals surface area contributed by atoms with Gasteiger partial charge < -0.3 is 9.64 Å². The van der Waals surface area contributed by atoms with Crippen LogP contribution in [0.15, 0.2) is 22.8 Å². The summed E-state index contributed by atoms with van der Waals surface area (Å²) in [5.74, 6) is -0.622. The molecule has 19 heavy (non-hydrogen) atoms. The van der Waals surface area contributed by atoms with Gasteiger partial charge >= 0.3 is 5.97 Å². The van der Waals surface area contributed by atoms with E-state index in [-0.39, 0.29) is 16.8 Å². The number of nitrogens with zero attached hydrogens (tertiary/aromatic N) is 2. The molecule has 6 nitrogen and oxygen atoms in total. The van der Waals surface area contributed by atoms with Crippen LogP contribution in [-0.4, -0.2) is 37.0 Å². The molecular weight excluding hydrogens is 316 g/mol. The van der Waals surface area contributed by atoms with Gasteiger partial charge in [0.25, 0.3) is 5.69 Å². The fraction of sp³-hybridized carbons (Fsp3) is 0.250. The third-order valence-electron chi connectivity index (χ3n) is 2.26. The molecule has 0 saturated heterocycles. The molecule has 0 aliphatic rings. The fourth-order valence-electron chi connectivity index (χ4n) is 1.43. The number of halogens is 1. The zero-order valence-corrected chi connectivity index (χ0v) is 12.3. The van der Waals surface area contributed by atoms with Gasteiger partial charge in [-0.2, -0.15) is 0 Å². The summed E-state index contributed by atoms with van der Waals surface area (Å²) in [6.45, 7) is 0. The maximum absolute atomic E-state index is 11.7. The highest BCUT2D eigenvalue weighted by Crippen LogP contribution is 2.29. The van der Waals surface area contributed by atoms with Crippen LogP contribution in [0.25, 0.3) is 6.08 Å². The summed E-state index contributed by atoms with van der Waals surface area (Å²) in [4.78, 5) is 23.9. The SMILES string of the molecule is COC(=O)c1cc(Br)cc([N+](=O)[O-])c1/C=C/N(C)C. The van der Waals surface area contributed by atoms with Crippen molar-refractivity contribution in [2.75, 3.05) is 21.2 Å². The Labute approximate surface area is 118 Å². The van der Waals surface area contributed by atoms with E-state index in [2.05, 4.69) is 20.7 Å². The Balaban J connectivity index is 3.51. The Hall–Kier alpha value is -1.89. The lowest BCUT2D eigenvalue weighted by Gasteiger charge is -2.08. The molecule has 0 aromatic heterocycles. The highest BCUT2D eigenvalue weighted by atomic mass is 79.9. The van der Waals surface area contributed by atoms with Crippen molar-refractivity contribution in [2.45, 2.75) is 0 Å². The van der Waals surface area contributed by atoms with Crippen molar-refractivity contribution in [3.05, 3.63) is 44.0 Å². The Morgan fingerprint density at radius 2 is 2.11 bits per heavy atom. The molecule has 0 atom stereocenters. The van der Waals surface area contributed by atoms with E-state index < -0.39 is 10.9 Å². The quantitative estimate of drug-likeness (QED) is 0.482. The minimum absolute atomic E-state index is 0.140. The number of ether oxygens (including phenoxy) is 1. The first-order valence-corrected chi connectivity index (χ1v) is 6.07. The molecule has 0 heterocycles. The first kappa shape index (κ1) is 15.2. The largest absolute Gasteiger partial charge is 0.465 e. The predicted molar refractivity (Wildman–Crippen MR) is 74.9 cm³/mol. The second kappa shape index (κ2) is 6.33. The Bertz CT molecular complexity index is 541. The predicted octanol–water partition coefficient (Wildman–Crippen LogP) is 2.68. The van der Waals surface area contributed by atoms with Gasteiger partial charge in [0.1, 0.15) is 0 Å². The molecule has 1 aromatic rings. The molecule has 0 fully saturated rings. The van der Waals surface area contributed by atoms with E-state index in [1.807, 2.05) is 0 Å². The van der Waals surface area contributed by atoms with Crippen molar-refractivity contribution in [2.24, 2.45) is 0 Å². The summed E-state index contributed by atoms with van der Waals surface area (Å²) in [5, 5.41) is 11.1. The minimum Gasteiger partial charge on any atom is -0.465 e. The van der Waals surface area contributed by atoms with Gasteiger partial charge in [-0.05, 0) is 18.3 Å². The van der Waals surface area contributed by atoms with E-state index >= 15 is 0 Å². The van der Waals surface area contributed by atoms with Crippen molar-refractivity contribution in [3.63, 3.8) is 0 Å². The van der Waals surface area contributed by atoms with E-state index in [4.69, 9.17) is 0 Å². The van der Waals surface area contributed by atoms with Crippen LogP contribution in [0.1, 0.15) is 15.9 Å². The summed E-state index contributed by atoms with van der Waals surface area (Å²) in [6, 6.07) is 2.84. The molecule has 1 aromatic carbocycles. The second-order valence-electron chi connectivity index (χ2n) is 3.91. The van der Waals surface area contributed by atoms with E-state index in [0.717, 1.165) is 0 Å². The Kier molecular flexibility index (Phi) is 5.05. The molecule has 1 rings (SSSR count). The number of benzene rings is 1. The van der Waals surface area contributed by atoms with Gasteiger partial charge in [0.2, 0.25) is 0 Å². The molecule has 7 heteroatoms. The average Bonchev–Trinajstić information content (AvgIpc) is 2.34. The monoisotopic (exact) mass is 328 g/mol. The maximum Gasteiger partial charge on any atom is 0.338 e. The summed E-state index contributed by atoms with van der Waals surface area (Å²) in [7, 11) is 4.78. The number of nitro benzene ring substituents is 1. The molecule has 0 saturated carbocycles. The second-order valence-corrected chi connectivity index (χ2v) is 4.83. The number of methoxy groups -OCH3 is 1. The number of esters is 1. The molecule has 0 bridgehead atoms. The van der Waals surface area contributed by atoms with Crippen LogP contribution < -0.4 is 0 Å². The van der Waals surface area contributed by atoms with Gasteiger partial charge in [-0.1, -0.05) is 15.9 Å². The number of nitro groups is 1. The van der Waals surface area contributed by atoms with Gasteiger partial charge in [0, 0.05) is 24.6 Å². The number of carbonyl (C=O) groups excluding carboxylic acids is 1. The van der Waals surface area contributed by atoms with Crippen LogP contribution in [0.5, 0.6) is 0 Å². The van der Waals surface area contributed by atoms with Gasteiger partial charge in [0.15, 0.2) is 0 Å². The van der Waals surface area contributed by atoms with Crippen molar-refractivity contribution in [1.82, 2.24) is 4.90 Å². The summed E-state index contributed by atoms with van der Waals surface area (Å²) >= 11 is 3.15. The van der Waals surface area contributed by atoms with Crippen LogP contribution in [0.4, 0.5) is 5.69 Å². The van der Waals surface area contributed by atoms with Crippen LogP contribution >= 0.6 is 15.9 Å². The van der Waals surface area contributed by atoms with Gasteiger partial charge in [-0.25, -0.2) is 4.79 Å². The van der Waals surface area contributed by atoms with Gasteiger partial charge in [-0.3, -0.25) is 10.1 Å². The standard InChI is InChI=1S/C12H13BrN2O4/c1-14(2)5-4-9-10(12(16)19-3)6-8(13)7-11(9)15(17)18/h4-7H,1-3H3/b5-4+. The Morgan fingerprint density at radius 1 is 1.47 bits per heavy atom. The number of carbonyl (C=O) groups is 1. The van der Waals surface area contributed by atoms with E-state index in [0.29, 0.717) is 4.47 Å². The van der Waals surface area contributed by atoms with Crippen LogP contribution in [-0.2, 0) is 4.74 Å². The minimum atomic E-state index is -0.622. The molecule has 0 spiro atoms. The van der Waals surface area contributed by atoms with E-state index in [1.54, 1.807) is 25.2 Å². The lowest BCUT2D eigenvalue weighted by atomic mass is 10.1. The number of hydrogen-bond donors (Lipinski definition) is 0. The van der Waals surface area contributed by atoms with Crippen LogP contribution in [0.2, 0.25) is 0 Å².